The smallest absolute Gasteiger partial charge is 0.154 e. The number of nitrogens with two attached hydrogens (primary N) is 1. The minimum atomic E-state index is -2.94. The van der Waals surface area contributed by atoms with Crippen LogP contribution < -0.4 is 5.73 Å². The Kier molecular flexibility index (Phi) is 4.59. The van der Waals surface area contributed by atoms with Crippen LogP contribution in [0.25, 0.3) is 0 Å². The van der Waals surface area contributed by atoms with E-state index in [1.807, 2.05) is 13.8 Å². The van der Waals surface area contributed by atoms with E-state index in [2.05, 4.69) is 0 Å². The van der Waals surface area contributed by atoms with E-state index in [0.717, 1.165) is 32.1 Å². The van der Waals surface area contributed by atoms with Gasteiger partial charge in [0.05, 0.1) is 11.0 Å². The Morgan fingerprint density at radius 3 is 2.33 bits per heavy atom. The lowest BCUT2D eigenvalue weighted by Crippen LogP contribution is -2.38. The molecule has 4 heteroatoms. The SMILES string of the molecule is CCC(C)C(N)CS(=O)(=O)C1CCCC1. The van der Waals surface area contributed by atoms with Crippen LogP contribution in [0.3, 0.4) is 0 Å². The highest BCUT2D eigenvalue weighted by atomic mass is 32.2. The molecular weight excluding hydrogens is 210 g/mol. The maximum absolute atomic E-state index is 12.0. The molecule has 0 heterocycles. The third-order valence-electron chi connectivity index (χ3n) is 3.61. The van der Waals surface area contributed by atoms with Gasteiger partial charge < -0.3 is 5.73 Å². The first-order chi connectivity index (χ1) is 6.97. The van der Waals surface area contributed by atoms with Gasteiger partial charge in [0.1, 0.15) is 0 Å². The second-order valence-corrected chi connectivity index (χ2v) is 7.11. The highest BCUT2D eigenvalue weighted by molar-refractivity contribution is 7.92. The Hall–Kier alpha value is -0.0900. The first kappa shape index (κ1) is 13.0. The second kappa shape index (κ2) is 5.30. The van der Waals surface area contributed by atoms with Crippen molar-refractivity contribution in [1.82, 2.24) is 0 Å². The van der Waals surface area contributed by atoms with Crippen molar-refractivity contribution in [1.29, 1.82) is 0 Å². The molecule has 0 bridgehead atoms. The van der Waals surface area contributed by atoms with Crippen molar-refractivity contribution in [2.75, 3.05) is 5.75 Å². The maximum Gasteiger partial charge on any atom is 0.154 e. The molecule has 2 unspecified atom stereocenters. The molecule has 2 atom stereocenters. The van der Waals surface area contributed by atoms with Crippen molar-refractivity contribution in [3.05, 3.63) is 0 Å². The summed E-state index contributed by atoms with van der Waals surface area (Å²) >= 11 is 0. The predicted octanol–water partition coefficient (Wildman–Crippen LogP) is 1.72. The maximum atomic E-state index is 12.0. The fraction of sp³-hybridized carbons (Fsp3) is 1.00. The second-order valence-electron chi connectivity index (χ2n) is 4.79. The summed E-state index contributed by atoms with van der Waals surface area (Å²) in [6.07, 6.45) is 4.75. The molecule has 1 aliphatic rings. The van der Waals surface area contributed by atoms with Gasteiger partial charge in [0.2, 0.25) is 0 Å². The minimum absolute atomic E-state index is 0.104. The van der Waals surface area contributed by atoms with Gasteiger partial charge in [-0.15, -0.1) is 0 Å². The summed E-state index contributed by atoms with van der Waals surface area (Å²) in [4.78, 5) is 0. The van der Waals surface area contributed by atoms with Crippen molar-refractivity contribution in [2.45, 2.75) is 57.2 Å². The molecule has 1 saturated carbocycles. The van der Waals surface area contributed by atoms with Crippen LogP contribution in [0.1, 0.15) is 46.0 Å². The molecule has 2 N–H and O–H groups in total. The number of rotatable bonds is 5. The van der Waals surface area contributed by atoms with E-state index in [1.165, 1.54) is 0 Å². The molecule has 0 aromatic rings. The van der Waals surface area contributed by atoms with E-state index in [9.17, 15) is 8.42 Å². The lowest BCUT2D eigenvalue weighted by molar-refractivity contribution is 0.464. The summed E-state index contributed by atoms with van der Waals surface area (Å²) in [7, 11) is -2.94. The van der Waals surface area contributed by atoms with E-state index in [4.69, 9.17) is 5.73 Å². The van der Waals surface area contributed by atoms with Crippen LogP contribution in [0.4, 0.5) is 0 Å². The van der Waals surface area contributed by atoms with Gasteiger partial charge in [0, 0.05) is 6.04 Å². The van der Waals surface area contributed by atoms with E-state index >= 15 is 0 Å². The molecule has 0 aliphatic heterocycles. The first-order valence-electron chi connectivity index (χ1n) is 5.94. The van der Waals surface area contributed by atoms with Gasteiger partial charge in [-0.2, -0.15) is 0 Å². The molecule has 1 aliphatic carbocycles. The molecule has 0 spiro atoms. The summed E-state index contributed by atoms with van der Waals surface area (Å²) in [6.45, 7) is 4.07. The molecule has 0 radical (unpaired) electrons. The van der Waals surface area contributed by atoms with Crippen molar-refractivity contribution in [2.24, 2.45) is 11.7 Å². The Balaban J connectivity index is 2.55. The monoisotopic (exact) mass is 233 g/mol. The minimum Gasteiger partial charge on any atom is -0.327 e. The largest absolute Gasteiger partial charge is 0.327 e. The van der Waals surface area contributed by atoms with Crippen LogP contribution in [0.2, 0.25) is 0 Å². The van der Waals surface area contributed by atoms with Gasteiger partial charge in [-0.1, -0.05) is 33.1 Å². The zero-order chi connectivity index (χ0) is 11.5. The van der Waals surface area contributed by atoms with E-state index in [-0.39, 0.29) is 17.0 Å². The molecule has 1 rings (SSSR count). The lowest BCUT2D eigenvalue weighted by Gasteiger charge is -2.20. The van der Waals surface area contributed by atoms with Crippen molar-refractivity contribution < 1.29 is 8.42 Å². The van der Waals surface area contributed by atoms with E-state index < -0.39 is 9.84 Å². The van der Waals surface area contributed by atoms with Crippen LogP contribution in [0, 0.1) is 5.92 Å². The van der Waals surface area contributed by atoms with Crippen molar-refractivity contribution in [3.8, 4) is 0 Å². The van der Waals surface area contributed by atoms with Gasteiger partial charge in [-0.05, 0) is 18.8 Å². The van der Waals surface area contributed by atoms with Crippen LogP contribution in [-0.2, 0) is 9.84 Å². The quantitative estimate of drug-likeness (QED) is 0.786. The zero-order valence-corrected chi connectivity index (χ0v) is 10.6. The predicted molar refractivity (Wildman–Crippen MR) is 63.5 cm³/mol. The molecule has 0 amide bonds. The van der Waals surface area contributed by atoms with Gasteiger partial charge in [-0.3, -0.25) is 0 Å². The Morgan fingerprint density at radius 1 is 1.33 bits per heavy atom. The lowest BCUT2D eigenvalue weighted by atomic mass is 10.0. The van der Waals surface area contributed by atoms with Gasteiger partial charge in [0.15, 0.2) is 9.84 Å². The Morgan fingerprint density at radius 2 is 1.87 bits per heavy atom. The van der Waals surface area contributed by atoms with Crippen LogP contribution >= 0.6 is 0 Å². The standard InChI is InChI=1S/C11H23NO2S/c1-3-9(2)11(12)8-15(13,14)10-6-4-5-7-10/h9-11H,3-8,12H2,1-2H3. The van der Waals surface area contributed by atoms with Crippen molar-refractivity contribution in [3.63, 3.8) is 0 Å². The zero-order valence-electron chi connectivity index (χ0n) is 9.78. The third kappa shape index (κ3) is 3.45. The van der Waals surface area contributed by atoms with Gasteiger partial charge in [0.25, 0.3) is 0 Å². The third-order valence-corrected chi connectivity index (χ3v) is 5.95. The molecule has 0 aromatic heterocycles. The first-order valence-corrected chi connectivity index (χ1v) is 7.66. The molecule has 0 aromatic carbocycles. The summed E-state index contributed by atoms with van der Waals surface area (Å²) in [5.74, 6) is 0.466. The summed E-state index contributed by atoms with van der Waals surface area (Å²) in [5.41, 5.74) is 5.90. The van der Waals surface area contributed by atoms with Crippen LogP contribution in [0.15, 0.2) is 0 Å². The van der Waals surface area contributed by atoms with E-state index in [0.29, 0.717) is 5.92 Å². The molecule has 90 valence electrons. The number of hydrogen-bond acceptors (Lipinski definition) is 3. The van der Waals surface area contributed by atoms with Crippen LogP contribution in [0.5, 0.6) is 0 Å². The number of sulfone groups is 1. The summed E-state index contributed by atoms with van der Waals surface area (Å²) < 4.78 is 24.0. The fourth-order valence-electron chi connectivity index (χ4n) is 2.12. The van der Waals surface area contributed by atoms with E-state index in [1.54, 1.807) is 0 Å². The summed E-state index contributed by atoms with van der Waals surface area (Å²) in [6, 6.07) is -0.194. The Labute approximate surface area is 93.3 Å². The van der Waals surface area contributed by atoms with Crippen molar-refractivity contribution >= 4 is 9.84 Å². The number of hydrogen-bond donors (Lipinski definition) is 1. The highest BCUT2D eigenvalue weighted by Crippen LogP contribution is 2.26. The molecule has 3 nitrogen and oxygen atoms in total. The summed E-state index contributed by atoms with van der Waals surface area (Å²) in [5, 5.41) is -0.104. The van der Waals surface area contributed by atoms with Crippen LogP contribution in [-0.4, -0.2) is 25.5 Å². The normalized spacial score (nSPS) is 22.9. The van der Waals surface area contributed by atoms with Gasteiger partial charge in [-0.25, -0.2) is 8.42 Å². The topological polar surface area (TPSA) is 60.2 Å². The molecule has 0 saturated heterocycles. The molecular formula is C11H23NO2S. The van der Waals surface area contributed by atoms with Gasteiger partial charge >= 0.3 is 0 Å². The highest BCUT2D eigenvalue weighted by Gasteiger charge is 2.31. The Bertz CT molecular complexity index is 281. The average Bonchev–Trinajstić information content (AvgIpc) is 2.69. The molecule has 15 heavy (non-hydrogen) atoms. The molecule has 1 fully saturated rings. The fourth-order valence-corrected chi connectivity index (χ4v) is 4.31. The average molecular weight is 233 g/mol.